The number of quaternary nitrogens is 1. The maximum absolute atomic E-state index is 14.1. The fourth-order valence-electron chi connectivity index (χ4n) is 11.3. The molecule has 1 amide bonds. The number of rotatable bonds is 5. The second-order valence-electron chi connectivity index (χ2n) is 19.1. The zero-order valence-corrected chi connectivity index (χ0v) is 36.7. The molecule has 12 nitrogen and oxygen atoms in total. The number of carbonyl (C=O) groups excluding carboxylic acids is 2. The molecular weight excluding hydrogens is 761 g/mol. The highest BCUT2D eigenvalue weighted by molar-refractivity contribution is 8.77. The average Bonchev–Trinajstić information content (AvgIpc) is 3.91. The van der Waals surface area contributed by atoms with E-state index in [-0.39, 0.29) is 58.5 Å². The first-order valence-electron chi connectivity index (χ1n) is 23.0. The lowest BCUT2D eigenvalue weighted by atomic mass is 9.73. The highest BCUT2D eigenvalue weighted by Gasteiger charge is 2.48. The molecule has 3 heterocycles. The Balaban J connectivity index is 1.21. The molecule has 0 aromatic heterocycles. The first-order valence-corrected chi connectivity index (χ1v) is 25.3. The molecule has 3 aliphatic heterocycles. The standard InChI is InChI=1S/C43H76N6O6S2/c1-30(50)54-36-14-13-31-22-33(40(53)37(23-31)55-35-11-5-6-12-35)28-49-29-42(27-39(49)52,26-32-15-19-46-38(44)24-32)18-20-47-41(45)48-43(16-7-8-17-43)57-56-21-9-3-2-4-10-34(51)25-36/h31-38,40,46,51,53H,2-29,44H2,1H3,(H3,45,47,48)/p+2. The topological polar surface area (TPSA) is 191 Å². The number of aliphatic hydroxyl groups is 2. The fraction of sp³-hybridized carbons (Fsp3) is 0.930. The molecule has 0 radical (unpaired) electrons. The van der Waals surface area contributed by atoms with Crippen LogP contribution in [0, 0.1) is 23.2 Å². The van der Waals surface area contributed by atoms with Crippen LogP contribution in [0.4, 0.5) is 0 Å². The molecule has 6 aliphatic rings. The predicted molar refractivity (Wildman–Crippen MR) is 228 cm³/mol. The Morgan fingerprint density at radius 3 is 2.49 bits per heavy atom. The summed E-state index contributed by atoms with van der Waals surface area (Å²) in [4.78, 5) is 31.9. The van der Waals surface area contributed by atoms with Gasteiger partial charge in [0.2, 0.25) is 5.91 Å². The van der Waals surface area contributed by atoms with Gasteiger partial charge in [-0.3, -0.25) is 31.4 Å². The van der Waals surface area contributed by atoms with E-state index in [1.807, 2.05) is 21.6 Å². The molecule has 4 bridgehead atoms. The van der Waals surface area contributed by atoms with Crippen LogP contribution in [0.3, 0.4) is 0 Å². The number of carbonyl (C=O) groups is 2. The van der Waals surface area contributed by atoms with Crippen LogP contribution in [-0.2, 0) is 19.1 Å². The van der Waals surface area contributed by atoms with E-state index in [0.717, 1.165) is 121 Å². The lowest BCUT2D eigenvalue weighted by Crippen LogP contribution is -2.94. The zero-order chi connectivity index (χ0) is 40.3. The van der Waals surface area contributed by atoms with Gasteiger partial charge in [-0.2, -0.15) is 0 Å². The van der Waals surface area contributed by atoms with Crippen molar-refractivity contribution in [2.24, 2.45) is 34.6 Å². The minimum atomic E-state index is -0.643. The molecule has 5 fully saturated rings. The van der Waals surface area contributed by atoms with E-state index < -0.39 is 12.2 Å². The van der Waals surface area contributed by atoms with Gasteiger partial charge in [0.15, 0.2) is 0 Å². The number of piperidine rings is 1. The van der Waals surface area contributed by atoms with Crippen molar-refractivity contribution in [3.63, 3.8) is 0 Å². The molecule has 3 aliphatic carbocycles. The Morgan fingerprint density at radius 1 is 0.947 bits per heavy atom. The van der Waals surface area contributed by atoms with Gasteiger partial charge >= 0.3 is 11.9 Å². The summed E-state index contributed by atoms with van der Waals surface area (Å²) in [6.45, 7) is 4.38. The predicted octanol–water partition coefficient (Wildman–Crippen LogP) is 3.02. The number of nitrogens with one attached hydrogen (secondary N) is 2. The van der Waals surface area contributed by atoms with Gasteiger partial charge in [-0.1, -0.05) is 42.9 Å². The average molecular weight is 839 g/mol. The number of hydrogen-bond donors (Lipinski definition) is 7. The van der Waals surface area contributed by atoms with Crippen molar-refractivity contribution in [1.82, 2.24) is 10.2 Å². The largest absolute Gasteiger partial charge is 0.462 e. The number of aliphatic hydroxyl groups excluding tert-OH is 2. The van der Waals surface area contributed by atoms with Gasteiger partial charge in [-0.25, -0.2) is 0 Å². The van der Waals surface area contributed by atoms with Crippen LogP contribution in [-0.4, -0.2) is 106 Å². The number of nitrogens with two attached hydrogens (primary N) is 3. The molecule has 10 N–H and O–H groups in total. The molecule has 9 unspecified atom stereocenters. The normalized spacial score (nSPS) is 37.4. The van der Waals surface area contributed by atoms with Gasteiger partial charge in [0.05, 0.1) is 37.5 Å². The minimum absolute atomic E-state index is 0.0695. The van der Waals surface area contributed by atoms with Gasteiger partial charge in [0.1, 0.15) is 17.1 Å². The van der Waals surface area contributed by atoms with Crippen molar-refractivity contribution < 1.29 is 39.6 Å². The van der Waals surface area contributed by atoms with E-state index in [1.54, 1.807) is 0 Å². The summed E-state index contributed by atoms with van der Waals surface area (Å²) < 4.78 is 12.5. The summed E-state index contributed by atoms with van der Waals surface area (Å²) in [6.07, 6.45) is 20.4. The van der Waals surface area contributed by atoms with E-state index in [1.165, 1.54) is 19.8 Å². The smallest absolute Gasteiger partial charge is 0.342 e. The van der Waals surface area contributed by atoms with Crippen LogP contribution < -0.4 is 27.1 Å². The van der Waals surface area contributed by atoms with E-state index in [9.17, 15) is 19.8 Å². The minimum Gasteiger partial charge on any atom is -0.462 e. The second-order valence-corrected chi connectivity index (χ2v) is 21.9. The van der Waals surface area contributed by atoms with Gasteiger partial charge in [-0.05, 0) is 124 Å². The highest BCUT2D eigenvalue weighted by atomic mass is 33.1. The third-order valence-corrected chi connectivity index (χ3v) is 17.4. The summed E-state index contributed by atoms with van der Waals surface area (Å²) in [7, 11) is 3.88. The summed E-state index contributed by atoms with van der Waals surface area (Å²) >= 11 is 0. The molecule has 326 valence electrons. The fourth-order valence-corrected chi connectivity index (χ4v) is 14.5. The van der Waals surface area contributed by atoms with E-state index >= 15 is 0 Å². The number of amides is 1. The summed E-state index contributed by atoms with van der Waals surface area (Å²) in [5.41, 5.74) is 13.0. The first kappa shape index (κ1) is 45.2. The van der Waals surface area contributed by atoms with Gasteiger partial charge in [-0.15, -0.1) is 0 Å². The maximum Gasteiger partial charge on any atom is 0.342 e. The Bertz CT molecular complexity index is 1300. The van der Waals surface area contributed by atoms with E-state index in [4.69, 9.17) is 20.9 Å². The van der Waals surface area contributed by atoms with Crippen molar-refractivity contribution in [3.8, 4) is 0 Å². The number of ether oxygens (including phenoxy) is 2. The molecule has 6 rings (SSSR count). The van der Waals surface area contributed by atoms with E-state index in [0.29, 0.717) is 57.2 Å². The van der Waals surface area contributed by atoms with Crippen LogP contribution in [0.15, 0.2) is 0 Å². The Morgan fingerprint density at radius 2 is 1.72 bits per heavy atom. The van der Waals surface area contributed by atoms with Gasteiger partial charge in [0.25, 0.3) is 0 Å². The number of fused-ring (bicyclic) bond motifs is 4. The van der Waals surface area contributed by atoms with Crippen molar-refractivity contribution in [2.75, 3.05) is 31.9 Å². The molecule has 3 saturated carbocycles. The number of guanidine groups is 1. The third kappa shape index (κ3) is 13.9. The third-order valence-electron chi connectivity index (χ3n) is 14.2. The summed E-state index contributed by atoms with van der Waals surface area (Å²) in [5, 5.41) is 29.0. The summed E-state index contributed by atoms with van der Waals surface area (Å²) in [5.74, 6) is 2.22. The summed E-state index contributed by atoms with van der Waals surface area (Å²) in [6, 6.07) is 0. The van der Waals surface area contributed by atoms with Gasteiger partial charge in [0, 0.05) is 50.9 Å². The highest BCUT2D eigenvalue weighted by Crippen LogP contribution is 2.46. The molecule has 57 heavy (non-hydrogen) atoms. The first-order chi connectivity index (χ1) is 27.5. The Labute approximate surface area is 350 Å². The molecule has 14 heteroatoms. The van der Waals surface area contributed by atoms with Crippen LogP contribution in [0.1, 0.15) is 155 Å². The molecule has 9 atom stereocenters. The van der Waals surface area contributed by atoms with Crippen LogP contribution in [0.2, 0.25) is 0 Å². The zero-order valence-electron chi connectivity index (χ0n) is 35.0. The lowest BCUT2D eigenvalue weighted by Gasteiger charge is -2.42. The lowest BCUT2D eigenvalue weighted by molar-refractivity contribution is -0.699. The number of nitrogens with zero attached hydrogens (tertiary/aromatic N) is 1. The van der Waals surface area contributed by atoms with Gasteiger partial charge < -0.3 is 29.9 Å². The number of esters is 1. The van der Waals surface area contributed by atoms with Crippen LogP contribution >= 0.6 is 21.6 Å². The van der Waals surface area contributed by atoms with E-state index in [2.05, 4.69) is 20.5 Å². The second kappa shape index (κ2) is 22.0. The van der Waals surface area contributed by atoms with Crippen molar-refractivity contribution in [1.29, 1.82) is 0 Å². The Kier molecular flexibility index (Phi) is 17.5. The maximum atomic E-state index is 14.1. The Hall–Kier alpha value is -1.29. The number of hydrogen-bond acceptors (Lipinski definition) is 11. The SMILES string of the molecule is CC(=O)OC1CCC2CC(CN3CC(CC4CC[NH2+]C(N)C4)(CC[NH+]=C(N)NC4(CCCC4)SSCCCCCCC(O)C1)CC3=O)C(O)C(OC1CCCC1)C2. The van der Waals surface area contributed by atoms with Crippen molar-refractivity contribution in [2.45, 2.75) is 196 Å². The molecule has 2 saturated heterocycles. The van der Waals surface area contributed by atoms with Crippen molar-refractivity contribution >= 4 is 39.4 Å². The molecule has 1 spiro atoms. The van der Waals surface area contributed by atoms with Crippen molar-refractivity contribution in [3.05, 3.63) is 0 Å². The van der Waals surface area contributed by atoms with Crippen LogP contribution in [0.5, 0.6) is 0 Å². The molecular formula is C43H78N6O6S2+2. The monoisotopic (exact) mass is 839 g/mol. The quantitative estimate of drug-likeness (QED) is 0.159. The van der Waals surface area contributed by atoms with Crippen LogP contribution in [0.25, 0.3) is 0 Å². The molecule has 0 aromatic rings. The molecule has 0 aromatic carbocycles.